The van der Waals surface area contributed by atoms with Crippen molar-refractivity contribution in [2.24, 2.45) is 12.2 Å². The third kappa shape index (κ3) is 2.61. The number of rotatable bonds is 4. The Morgan fingerprint density at radius 3 is 2.74 bits per heavy atom. The Labute approximate surface area is 137 Å². The second kappa shape index (κ2) is 6.08. The summed E-state index contributed by atoms with van der Waals surface area (Å²) in [6.45, 7) is 2.44. The van der Waals surface area contributed by atoms with Gasteiger partial charge in [-0.25, -0.2) is 0 Å². The van der Waals surface area contributed by atoms with Crippen LogP contribution < -0.4 is 5.56 Å². The fraction of sp³-hybridized carbons (Fsp3) is 0.312. The minimum Gasteiger partial charge on any atom is -0.395 e. The summed E-state index contributed by atoms with van der Waals surface area (Å²) in [6.07, 6.45) is 4.15. The molecule has 0 spiro atoms. The van der Waals surface area contributed by atoms with Crippen LogP contribution in [0.2, 0.25) is 0 Å². The van der Waals surface area contributed by atoms with E-state index in [9.17, 15) is 9.59 Å². The highest BCUT2D eigenvalue weighted by Crippen LogP contribution is 2.29. The smallest absolute Gasteiger partial charge is 0.277 e. The molecule has 7 heteroatoms. The third-order valence-electron chi connectivity index (χ3n) is 3.97. The molecular formula is C16H17N3O3S. The van der Waals surface area contributed by atoms with E-state index in [1.54, 1.807) is 24.9 Å². The number of carbonyl (C=O) groups is 1. The normalized spacial score (nSPS) is 13.8. The van der Waals surface area contributed by atoms with E-state index in [4.69, 9.17) is 4.84 Å². The maximum Gasteiger partial charge on any atom is 0.277 e. The second-order valence-electron chi connectivity index (χ2n) is 5.32. The zero-order valence-electron chi connectivity index (χ0n) is 13.2. The number of aromatic nitrogens is 2. The lowest BCUT2D eigenvalue weighted by atomic mass is 9.93. The lowest BCUT2D eigenvalue weighted by Crippen LogP contribution is -2.20. The SMILES string of the molecule is CSc1ccc(C(=O)c2c[nH]n(C)c2=O)c(C)c1C1=NOCC1. The molecule has 0 fully saturated rings. The van der Waals surface area contributed by atoms with Crippen molar-refractivity contribution >= 4 is 23.3 Å². The summed E-state index contributed by atoms with van der Waals surface area (Å²) in [5.41, 5.74) is 2.95. The summed E-state index contributed by atoms with van der Waals surface area (Å²) < 4.78 is 1.29. The van der Waals surface area contributed by atoms with E-state index in [1.165, 1.54) is 10.9 Å². The summed E-state index contributed by atoms with van der Waals surface area (Å²) in [5, 5.41) is 6.83. The quantitative estimate of drug-likeness (QED) is 0.687. The molecule has 2 aromatic rings. The average molecular weight is 331 g/mol. The van der Waals surface area contributed by atoms with Gasteiger partial charge >= 0.3 is 0 Å². The lowest BCUT2D eigenvalue weighted by Gasteiger charge is -2.13. The van der Waals surface area contributed by atoms with E-state index in [2.05, 4.69) is 10.3 Å². The molecule has 1 aromatic heterocycles. The summed E-state index contributed by atoms with van der Waals surface area (Å²) in [4.78, 5) is 30.9. The number of aryl methyl sites for hydroxylation is 1. The Kier molecular flexibility index (Phi) is 4.12. The van der Waals surface area contributed by atoms with Crippen LogP contribution >= 0.6 is 11.8 Å². The molecular weight excluding hydrogens is 314 g/mol. The molecule has 1 aromatic carbocycles. The van der Waals surface area contributed by atoms with E-state index in [1.807, 2.05) is 19.2 Å². The molecule has 23 heavy (non-hydrogen) atoms. The van der Waals surface area contributed by atoms with E-state index in [-0.39, 0.29) is 16.9 Å². The van der Waals surface area contributed by atoms with Crippen LogP contribution in [0, 0.1) is 6.92 Å². The molecule has 3 rings (SSSR count). The number of oxime groups is 1. The van der Waals surface area contributed by atoms with Gasteiger partial charge in [0.1, 0.15) is 12.2 Å². The van der Waals surface area contributed by atoms with Crippen LogP contribution in [0.25, 0.3) is 0 Å². The Hall–Kier alpha value is -2.28. The molecule has 0 aliphatic carbocycles. The van der Waals surface area contributed by atoms with Crippen LogP contribution in [0.5, 0.6) is 0 Å². The van der Waals surface area contributed by atoms with Gasteiger partial charge in [-0.3, -0.25) is 14.3 Å². The summed E-state index contributed by atoms with van der Waals surface area (Å²) >= 11 is 1.60. The van der Waals surface area contributed by atoms with Crippen LogP contribution in [0.1, 0.15) is 33.5 Å². The van der Waals surface area contributed by atoms with E-state index < -0.39 is 0 Å². The predicted molar refractivity (Wildman–Crippen MR) is 89.5 cm³/mol. The number of H-pyrrole nitrogens is 1. The first kappa shape index (κ1) is 15.6. The van der Waals surface area contributed by atoms with Crippen LogP contribution in [0.15, 0.2) is 33.2 Å². The molecule has 0 unspecified atom stereocenters. The molecule has 120 valence electrons. The standard InChI is InChI=1S/C16H17N3O3S/c1-9-10(15(20)11-8-17-19(2)16(11)21)4-5-13(23-3)14(9)12-6-7-22-18-12/h4-5,8,17H,6-7H2,1-3H3. The molecule has 6 nitrogen and oxygen atoms in total. The van der Waals surface area contributed by atoms with Gasteiger partial charge in [0.15, 0.2) is 5.78 Å². The van der Waals surface area contributed by atoms with Crippen LogP contribution in [0.4, 0.5) is 0 Å². The van der Waals surface area contributed by atoms with Gasteiger partial charge in [0.25, 0.3) is 5.56 Å². The maximum absolute atomic E-state index is 12.8. The van der Waals surface area contributed by atoms with Crippen LogP contribution in [-0.4, -0.2) is 34.1 Å². The summed E-state index contributed by atoms with van der Waals surface area (Å²) in [5.74, 6) is -0.280. The molecule has 2 heterocycles. The fourth-order valence-corrected chi connectivity index (χ4v) is 3.39. The molecule has 0 bridgehead atoms. The van der Waals surface area contributed by atoms with Gasteiger partial charge < -0.3 is 9.94 Å². The van der Waals surface area contributed by atoms with Crippen molar-refractivity contribution in [3.8, 4) is 0 Å². The Balaban J connectivity index is 2.14. The number of hydrogen-bond donors (Lipinski definition) is 1. The highest BCUT2D eigenvalue weighted by atomic mass is 32.2. The number of aromatic amines is 1. The van der Waals surface area contributed by atoms with Gasteiger partial charge in [0.2, 0.25) is 0 Å². The number of nitrogens with one attached hydrogen (secondary N) is 1. The number of benzene rings is 1. The van der Waals surface area contributed by atoms with Crippen molar-refractivity contribution in [3.63, 3.8) is 0 Å². The Morgan fingerprint density at radius 2 is 2.17 bits per heavy atom. The molecule has 1 N–H and O–H groups in total. The van der Waals surface area contributed by atoms with Gasteiger partial charge in [-0.15, -0.1) is 11.8 Å². The number of hydrogen-bond acceptors (Lipinski definition) is 5. The second-order valence-corrected chi connectivity index (χ2v) is 6.17. The van der Waals surface area contributed by atoms with Crippen molar-refractivity contribution < 1.29 is 9.63 Å². The Morgan fingerprint density at radius 1 is 1.39 bits per heavy atom. The highest BCUT2D eigenvalue weighted by molar-refractivity contribution is 7.98. The van der Waals surface area contributed by atoms with Gasteiger partial charge in [0, 0.05) is 35.7 Å². The monoisotopic (exact) mass is 331 g/mol. The number of carbonyl (C=O) groups excluding carboxylic acids is 1. The van der Waals surface area contributed by atoms with E-state index >= 15 is 0 Å². The van der Waals surface area contributed by atoms with Gasteiger partial charge in [-0.2, -0.15) is 0 Å². The molecule has 1 aliphatic rings. The summed E-state index contributed by atoms with van der Waals surface area (Å²) in [6, 6.07) is 3.67. The number of thioether (sulfide) groups is 1. The maximum atomic E-state index is 12.8. The molecule has 0 amide bonds. The van der Waals surface area contributed by atoms with Crippen molar-refractivity contribution in [3.05, 3.63) is 50.9 Å². The molecule has 0 saturated heterocycles. The molecule has 0 atom stereocenters. The number of ketones is 1. The van der Waals surface area contributed by atoms with E-state index in [0.29, 0.717) is 12.2 Å². The first-order valence-corrected chi connectivity index (χ1v) is 8.43. The first-order valence-electron chi connectivity index (χ1n) is 7.20. The van der Waals surface area contributed by atoms with Gasteiger partial charge in [-0.1, -0.05) is 5.16 Å². The topological polar surface area (TPSA) is 76.5 Å². The zero-order valence-corrected chi connectivity index (χ0v) is 14.0. The van der Waals surface area contributed by atoms with Crippen LogP contribution in [-0.2, 0) is 11.9 Å². The minimum atomic E-state index is -0.327. The first-order chi connectivity index (χ1) is 11.0. The van der Waals surface area contributed by atoms with Crippen molar-refractivity contribution in [1.29, 1.82) is 0 Å². The van der Waals surface area contributed by atoms with Crippen LogP contribution in [0.3, 0.4) is 0 Å². The van der Waals surface area contributed by atoms with Crippen molar-refractivity contribution in [1.82, 2.24) is 9.78 Å². The fourth-order valence-electron chi connectivity index (χ4n) is 2.71. The van der Waals surface area contributed by atoms with Gasteiger partial charge in [-0.05, 0) is 30.9 Å². The summed E-state index contributed by atoms with van der Waals surface area (Å²) in [7, 11) is 1.58. The largest absolute Gasteiger partial charge is 0.395 e. The Bertz CT molecular complexity index is 864. The van der Waals surface area contributed by atoms with Gasteiger partial charge in [0.05, 0.1) is 5.71 Å². The average Bonchev–Trinajstić information content (AvgIpc) is 3.17. The predicted octanol–water partition coefficient (Wildman–Crippen LogP) is 2.10. The lowest BCUT2D eigenvalue weighted by molar-refractivity contribution is 0.103. The molecule has 0 saturated carbocycles. The van der Waals surface area contributed by atoms with E-state index in [0.717, 1.165) is 28.2 Å². The molecule has 1 aliphatic heterocycles. The number of nitrogens with zero attached hydrogens (tertiary/aromatic N) is 2. The highest BCUT2D eigenvalue weighted by Gasteiger charge is 2.23. The van der Waals surface area contributed by atoms with Crippen molar-refractivity contribution in [2.45, 2.75) is 18.2 Å². The third-order valence-corrected chi connectivity index (χ3v) is 4.75. The molecule has 0 radical (unpaired) electrons. The zero-order chi connectivity index (χ0) is 16.6. The minimum absolute atomic E-state index is 0.142. The van der Waals surface area contributed by atoms with Crippen molar-refractivity contribution in [2.75, 3.05) is 12.9 Å².